The number of hydrogen-bond donors (Lipinski definition) is 1. The number of phenolic OH excluding ortho intramolecular Hbond substituents is 1. The molecule has 5 heteroatoms. The Hall–Kier alpha value is -3.18. The summed E-state index contributed by atoms with van der Waals surface area (Å²) in [6.45, 7) is 8.29. The predicted molar refractivity (Wildman–Crippen MR) is 166 cm³/mol. The second-order valence-corrected chi connectivity index (χ2v) is 12.5. The third-order valence-electron chi connectivity index (χ3n) is 9.79. The van der Waals surface area contributed by atoms with Crippen LogP contribution in [-0.4, -0.2) is 49.9 Å². The van der Waals surface area contributed by atoms with E-state index in [2.05, 4.69) is 65.3 Å². The number of phenols is 1. The number of aromatic hydroxyl groups is 1. The smallest absolute Gasteiger partial charge is 0.120 e. The summed E-state index contributed by atoms with van der Waals surface area (Å²) < 4.78 is 11.8. The number of nitrogens with zero attached hydrogens (tertiary/aromatic N) is 2. The van der Waals surface area contributed by atoms with Crippen LogP contribution < -0.4 is 14.4 Å². The molecule has 2 saturated heterocycles. The van der Waals surface area contributed by atoms with E-state index >= 15 is 0 Å². The van der Waals surface area contributed by atoms with Crippen LogP contribution in [0.2, 0.25) is 0 Å². The van der Waals surface area contributed by atoms with Crippen molar-refractivity contribution < 1.29 is 14.6 Å². The molecule has 0 spiro atoms. The van der Waals surface area contributed by atoms with Crippen LogP contribution >= 0.6 is 0 Å². The maximum absolute atomic E-state index is 9.93. The number of aryl methyl sites for hydroxylation is 1. The molecule has 3 aromatic rings. The zero-order chi connectivity index (χ0) is 28.2. The van der Waals surface area contributed by atoms with Crippen molar-refractivity contribution >= 4 is 5.69 Å². The molecule has 218 valence electrons. The predicted octanol–water partition coefficient (Wildman–Crippen LogP) is 7.20. The molecule has 4 aliphatic rings. The van der Waals surface area contributed by atoms with Gasteiger partial charge in [0.15, 0.2) is 0 Å². The van der Waals surface area contributed by atoms with Crippen molar-refractivity contribution in [3.8, 4) is 17.2 Å². The van der Waals surface area contributed by atoms with Crippen molar-refractivity contribution in [3.63, 3.8) is 0 Å². The van der Waals surface area contributed by atoms with Gasteiger partial charge in [-0.05, 0) is 122 Å². The molecule has 3 fully saturated rings. The quantitative estimate of drug-likeness (QED) is 0.287. The van der Waals surface area contributed by atoms with Gasteiger partial charge in [-0.1, -0.05) is 24.3 Å². The fraction of sp³-hybridized carbons (Fsp3) is 0.500. The third kappa shape index (κ3) is 6.67. The molecule has 1 saturated carbocycles. The molecule has 2 aliphatic carbocycles. The zero-order valence-electron chi connectivity index (χ0n) is 24.9. The monoisotopic (exact) mass is 554 g/mol. The molecule has 3 aromatic carbocycles. The topological polar surface area (TPSA) is 45.2 Å². The van der Waals surface area contributed by atoms with Crippen LogP contribution in [0.1, 0.15) is 67.2 Å². The number of anilines is 1. The minimum atomic E-state index is 0.366. The molecule has 7 rings (SSSR count). The second kappa shape index (κ2) is 12.8. The van der Waals surface area contributed by atoms with Gasteiger partial charge in [0.2, 0.25) is 0 Å². The molecule has 1 unspecified atom stereocenters. The van der Waals surface area contributed by atoms with Gasteiger partial charge in [0.25, 0.3) is 0 Å². The van der Waals surface area contributed by atoms with Gasteiger partial charge in [0.1, 0.15) is 23.9 Å². The van der Waals surface area contributed by atoms with Crippen LogP contribution in [0.4, 0.5) is 5.69 Å². The molecule has 1 atom stereocenters. The largest absolute Gasteiger partial charge is 0.508 e. The highest BCUT2D eigenvalue weighted by atomic mass is 16.5. The second-order valence-electron chi connectivity index (χ2n) is 12.5. The number of hydrogen-bond acceptors (Lipinski definition) is 5. The lowest BCUT2D eigenvalue weighted by Crippen LogP contribution is -2.32. The van der Waals surface area contributed by atoms with Crippen molar-refractivity contribution in [1.82, 2.24) is 4.90 Å². The lowest BCUT2D eigenvalue weighted by molar-refractivity contribution is 0.197. The van der Waals surface area contributed by atoms with Crippen LogP contribution in [0.3, 0.4) is 0 Å². The maximum atomic E-state index is 9.93. The van der Waals surface area contributed by atoms with Crippen molar-refractivity contribution in [2.24, 2.45) is 11.8 Å². The van der Waals surface area contributed by atoms with Crippen molar-refractivity contribution in [2.75, 3.05) is 44.8 Å². The Labute approximate surface area is 246 Å². The maximum Gasteiger partial charge on any atom is 0.120 e. The summed E-state index contributed by atoms with van der Waals surface area (Å²) in [4.78, 5) is 5.11. The average molecular weight is 555 g/mol. The minimum Gasteiger partial charge on any atom is -0.508 e. The van der Waals surface area contributed by atoms with E-state index in [-0.39, 0.29) is 0 Å². The summed E-state index contributed by atoms with van der Waals surface area (Å²) in [6.07, 6.45) is 8.78. The Morgan fingerprint density at radius 2 is 1.59 bits per heavy atom. The molecular formula is C36H46N2O3. The molecular weight excluding hydrogens is 508 g/mol. The van der Waals surface area contributed by atoms with Gasteiger partial charge in [0, 0.05) is 44.5 Å². The lowest BCUT2D eigenvalue weighted by Gasteiger charge is -2.32. The Morgan fingerprint density at radius 1 is 0.854 bits per heavy atom. The van der Waals surface area contributed by atoms with Crippen LogP contribution in [0.15, 0.2) is 60.7 Å². The van der Waals surface area contributed by atoms with Gasteiger partial charge in [-0.25, -0.2) is 0 Å². The summed E-state index contributed by atoms with van der Waals surface area (Å²) in [7, 11) is 1.74. The van der Waals surface area contributed by atoms with Crippen LogP contribution in [0.25, 0.3) is 0 Å². The molecule has 0 amide bonds. The first kappa shape index (κ1) is 28.0. The molecule has 0 aromatic heterocycles. The standard InChI is InChI=1S/C36H46N2O3/c1-3-38(25-28-8-14-33(15-9-28)41-19-18-37-23-26-4-5-27(24-37)7-6-26)36-22-34(40-2)16-17-35(36)31-11-10-30-21-32(39)13-12-29(30)20-31/h8-9,12-17,21-22,26-27,31,39H,3-7,10-11,18-20,23-25H2,1-2H3. The SMILES string of the molecule is CCN(Cc1ccc(OCCN2CC3CCC(CC3)C2)cc1)c1cc(OC)ccc1C1CCc2cc(O)ccc2C1. The summed E-state index contributed by atoms with van der Waals surface area (Å²) in [5, 5.41) is 9.93. The van der Waals surface area contributed by atoms with Crippen LogP contribution in [0.5, 0.6) is 17.2 Å². The fourth-order valence-electron chi connectivity index (χ4n) is 7.43. The Morgan fingerprint density at radius 3 is 2.29 bits per heavy atom. The highest BCUT2D eigenvalue weighted by Gasteiger charge is 2.29. The number of methoxy groups -OCH3 is 1. The first-order valence-corrected chi connectivity index (χ1v) is 15.8. The number of benzene rings is 3. The first-order valence-electron chi connectivity index (χ1n) is 15.8. The molecule has 0 radical (unpaired) electrons. The Bertz CT molecular complexity index is 1280. The Balaban J connectivity index is 1.10. The minimum absolute atomic E-state index is 0.366. The number of fused-ring (bicyclic) bond motifs is 5. The van der Waals surface area contributed by atoms with Gasteiger partial charge < -0.3 is 19.5 Å². The van der Waals surface area contributed by atoms with E-state index in [9.17, 15) is 5.11 Å². The number of rotatable bonds is 10. The summed E-state index contributed by atoms with van der Waals surface area (Å²) >= 11 is 0. The van der Waals surface area contributed by atoms with Gasteiger partial charge in [0.05, 0.1) is 7.11 Å². The average Bonchev–Trinajstić information content (AvgIpc) is 3.33. The third-order valence-corrected chi connectivity index (χ3v) is 9.79. The van der Waals surface area contributed by atoms with E-state index in [1.54, 1.807) is 7.11 Å². The molecule has 41 heavy (non-hydrogen) atoms. The van der Waals surface area contributed by atoms with E-state index in [1.807, 2.05) is 12.1 Å². The van der Waals surface area contributed by atoms with E-state index in [0.29, 0.717) is 11.7 Å². The van der Waals surface area contributed by atoms with Gasteiger partial charge in [-0.2, -0.15) is 0 Å². The van der Waals surface area contributed by atoms with Crippen molar-refractivity contribution in [1.29, 1.82) is 0 Å². The molecule has 2 heterocycles. The number of ether oxygens (including phenoxy) is 2. The van der Waals surface area contributed by atoms with Crippen LogP contribution in [-0.2, 0) is 19.4 Å². The zero-order valence-corrected chi connectivity index (χ0v) is 24.9. The van der Waals surface area contributed by atoms with Gasteiger partial charge in [-0.3, -0.25) is 4.90 Å². The van der Waals surface area contributed by atoms with E-state index < -0.39 is 0 Å². The molecule has 2 aliphatic heterocycles. The highest BCUT2D eigenvalue weighted by molar-refractivity contribution is 5.60. The normalized spacial score (nSPS) is 22.1. The van der Waals surface area contributed by atoms with E-state index in [4.69, 9.17) is 9.47 Å². The molecule has 1 N–H and O–H groups in total. The molecule has 5 nitrogen and oxygen atoms in total. The summed E-state index contributed by atoms with van der Waals surface area (Å²) in [5.41, 5.74) is 6.55. The van der Waals surface area contributed by atoms with Gasteiger partial charge in [-0.15, -0.1) is 0 Å². The first-order chi connectivity index (χ1) is 20.1. The summed E-state index contributed by atoms with van der Waals surface area (Å²) in [6, 6.07) is 21.1. The van der Waals surface area contributed by atoms with Crippen molar-refractivity contribution in [3.05, 3.63) is 82.9 Å². The van der Waals surface area contributed by atoms with Crippen molar-refractivity contribution in [2.45, 2.75) is 64.3 Å². The fourth-order valence-corrected chi connectivity index (χ4v) is 7.43. The lowest BCUT2D eigenvalue weighted by atomic mass is 9.79. The molecule has 2 bridgehead atoms. The highest BCUT2D eigenvalue weighted by Crippen LogP contribution is 2.40. The summed E-state index contributed by atoms with van der Waals surface area (Å²) in [5.74, 6) is 4.47. The van der Waals surface area contributed by atoms with Gasteiger partial charge >= 0.3 is 0 Å². The van der Waals surface area contributed by atoms with Crippen LogP contribution in [0, 0.1) is 11.8 Å². The van der Waals surface area contributed by atoms with E-state index in [0.717, 1.165) is 68.8 Å². The van der Waals surface area contributed by atoms with E-state index in [1.165, 1.54) is 66.7 Å². The Kier molecular flexibility index (Phi) is 8.71.